The number of hydrogen-bond acceptors (Lipinski definition) is 4. The first-order valence-electron chi connectivity index (χ1n) is 13.4. The largest absolute Gasteiger partial charge is 0.494 e. The van der Waals surface area contributed by atoms with Crippen molar-refractivity contribution in [3.8, 4) is 11.5 Å². The number of allylic oxidation sites excluding steroid dienone is 2. The van der Waals surface area contributed by atoms with Crippen LogP contribution < -0.4 is 9.47 Å². The summed E-state index contributed by atoms with van der Waals surface area (Å²) in [5.41, 5.74) is 2.79. The standard InChI is InChI=1S/C35H30Cl2O4/c36-32-10-4-2-8-30(32)34(38)22-16-26-12-18-28(19-13-26)40-24-6-1-7-25-41-29-20-14-27(15-21-29)17-23-35(39)31-9-3-5-11-33(31)37/h2-5,8-23H,1,6-7,24-25H2/b22-16+,23-17+. The zero-order valence-electron chi connectivity index (χ0n) is 22.5. The predicted octanol–water partition coefficient (Wildman–Crippen LogP) is 9.41. The minimum absolute atomic E-state index is 0.132. The van der Waals surface area contributed by atoms with Gasteiger partial charge in [-0.3, -0.25) is 9.59 Å². The van der Waals surface area contributed by atoms with E-state index in [4.69, 9.17) is 32.7 Å². The normalized spacial score (nSPS) is 11.2. The molecule has 0 aliphatic rings. The maximum absolute atomic E-state index is 12.3. The molecule has 6 heteroatoms. The third kappa shape index (κ3) is 9.49. The Morgan fingerprint density at radius 1 is 0.537 bits per heavy atom. The Labute approximate surface area is 250 Å². The van der Waals surface area contributed by atoms with Crippen LogP contribution >= 0.6 is 23.2 Å². The molecule has 0 aliphatic heterocycles. The third-order valence-electron chi connectivity index (χ3n) is 6.22. The van der Waals surface area contributed by atoms with Crippen molar-refractivity contribution >= 4 is 46.9 Å². The summed E-state index contributed by atoms with van der Waals surface area (Å²) in [5, 5.41) is 0.890. The number of ether oxygens (including phenoxy) is 2. The molecule has 4 nitrogen and oxygen atoms in total. The van der Waals surface area contributed by atoms with Crippen LogP contribution in [0, 0.1) is 0 Å². The lowest BCUT2D eigenvalue weighted by Crippen LogP contribution is -2.01. The van der Waals surface area contributed by atoms with E-state index in [9.17, 15) is 9.59 Å². The van der Waals surface area contributed by atoms with Crippen LogP contribution in [0.1, 0.15) is 51.1 Å². The lowest BCUT2D eigenvalue weighted by molar-refractivity contribution is 0.104. The van der Waals surface area contributed by atoms with E-state index in [1.54, 1.807) is 60.7 Å². The van der Waals surface area contributed by atoms with E-state index in [1.807, 2.05) is 48.5 Å². The fraction of sp³-hybridized carbons (Fsp3) is 0.143. The molecule has 4 rings (SSSR count). The first kappa shape index (κ1) is 29.9. The van der Waals surface area contributed by atoms with E-state index in [-0.39, 0.29) is 11.6 Å². The summed E-state index contributed by atoms with van der Waals surface area (Å²) in [5.74, 6) is 1.32. The molecule has 208 valence electrons. The number of halogens is 2. The molecule has 0 atom stereocenters. The second kappa shape index (κ2) is 15.6. The average molecular weight is 586 g/mol. The van der Waals surface area contributed by atoms with E-state index in [1.165, 1.54) is 12.2 Å². The quantitative estimate of drug-likeness (QED) is 0.0841. The maximum Gasteiger partial charge on any atom is 0.187 e. The lowest BCUT2D eigenvalue weighted by atomic mass is 10.1. The van der Waals surface area contributed by atoms with Gasteiger partial charge in [0.25, 0.3) is 0 Å². The van der Waals surface area contributed by atoms with Crippen LogP contribution in [-0.2, 0) is 0 Å². The molecule has 0 bridgehead atoms. The molecule has 0 fully saturated rings. The average Bonchev–Trinajstić information content (AvgIpc) is 3.00. The topological polar surface area (TPSA) is 52.6 Å². The van der Waals surface area contributed by atoms with Crippen LogP contribution in [0.15, 0.2) is 109 Å². The van der Waals surface area contributed by atoms with Gasteiger partial charge in [-0.1, -0.05) is 83.9 Å². The summed E-state index contributed by atoms with van der Waals surface area (Å²) < 4.78 is 11.7. The summed E-state index contributed by atoms with van der Waals surface area (Å²) in [6.07, 6.45) is 9.40. The molecular weight excluding hydrogens is 555 g/mol. The molecule has 0 spiro atoms. The van der Waals surface area contributed by atoms with Gasteiger partial charge in [-0.25, -0.2) is 0 Å². The third-order valence-corrected chi connectivity index (χ3v) is 6.88. The summed E-state index contributed by atoms with van der Waals surface area (Å²) in [6.45, 7) is 1.24. The summed E-state index contributed by atoms with van der Waals surface area (Å²) in [7, 11) is 0. The summed E-state index contributed by atoms with van der Waals surface area (Å²) in [6, 6.07) is 29.3. The van der Waals surface area contributed by atoms with Crippen LogP contribution in [-0.4, -0.2) is 24.8 Å². The number of carbonyl (C=O) groups excluding carboxylic acids is 2. The number of unbranched alkanes of at least 4 members (excludes halogenated alkanes) is 2. The Morgan fingerprint density at radius 3 is 1.32 bits per heavy atom. The minimum atomic E-state index is -0.132. The lowest BCUT2D eigenvalue weighted by Gasteiger charge is -2.08. The molecule has 0 saturated carbocycles. The van der Waals surface area contributed by atoms with Crippen molar-refractivity contribution in [3.63, 3.8) is 0 Å². The van der Waals surface area contributed by atoms with Crippen molar-refractivity contribution < 1.29 is 19.1 Å². The van der Waals surface area contributed by atoms with Gasteiger partial charge in [-0.2, -0.15) is 0 Å². The molecule has 4 aromatic carbocycles. The predicted molar refractivity (Wildman–Crippen MR) is 167 cm³/mol. The number of hydrogen-bond donors (Lipinski definition) is 0. The van der Waals surface area contributed by atoms with Crippen molar-refractivity contribution in [3.05, 3.63) is 142 Å². The van der Waals surface area contributed by atoms with Crippen LogP contribution in [0.4, 0.5) is 0 Å². The van der Waals surface area contributed by atoms with Crippen LogP contribution in [0.25, 0.3) is 12.2 Å². The molecular formula is C35H30Cl2O4. The highest BCUT2D eigenvalue weighted by molar-refractivity contribution is 6.35. The van der Waals surface area contributed by atoms with E-state index in [2.05, 4.69) is 0 Å². The van der Waals surface area contributed by atoms with E-state index >= 15 is 0 Å². The SMILES string of the molecule is O=C(/C=C/c1ccc(OCCCCCOc2ccc(/C=C/C(=O)c3ccccc3Cl)cc2)cc1)c1ccccc1Cl. The van der Waals surface area contributed by atoms with Crippen LogP contribution in [0.2, 0.25) is 10.0 Å². The monoisotopic (exact) mass is 584 g/mol. The molecule has 0 heterocycles. The highest BCUT2D eigenvalue weighted by Gasteiger charge is 2.07. The summed E-state index contributed by atoms with van der Waals surface area (Å²) >= 11 is 12.2. The first-order chi connectivity index (χ1) is 20.0. The first-order valence-corrected chi connectivity index (χ1v) is 14.1. The molecule has 0 amide bonds. The van der Waals surface area contributed by atoms with Crippen molar-refractivity contribution in [2.45, 2.75) is 19.3 Å². The molecule has 0 aromatic heterocycles. The van der Waals surface area contributed by atoms with Gasteiger partial charge in [0, 0.05) is 11.1 Å². The van der Waals surface area contributed by atoms with Gasteiger partial charge in [0.2, 0.25) is 0 Å². The van der Waals surface area contributed by atoms with Gasteiger partial charge in [-0.15, -0.1) is 0 Å². The van der Waals surface area contributed by atoms with E-state index in [0.717, 1.165) is 41.9 Å². The van der Waals surface area contributed by atoms with Crippen LogP contribution in [0.3, 0.4) is 0 Å². The van der Waals surface area contributed by atoms with Crippen molar-refractivity contribution in [2.75, 3.05) is 13.2 Å². The highest BCUT2D eigenvalue weighted by atomic mass is 35.5. The second-order valence-corrected chi connectivity index (χ2v) is 10.1. The van der Waals surface area contributed by atoms with Crippen LogP contribution in [0.5, 0.6) is 11.5 Å². The van der Waals surface area contributed by atoms with Crippen molar-refractivity contribution in [2.24, 2.45) is 0 Å². The van der Waals surface area contributed by atoms with E-state index in [0.29, 0.717) is 34.4 Å². The van der Waals surface area contributed by atoms with Gasteiger partial charge in [-0.05, 0) is 91.1 Å². The number of rotatable bonds is 14. The Balaban J connectivity index is 1.10. The van der Waals surface area contributed by atoms with E-state index < -0.39 is 0 Å². The molecule has 0 N–H and O–H groups in total. The Bertz CT molecular complexity index is 1390. The fourth-order valence-corrected chi connectivity index (χ4v) is 4.41. The van der Waals surface area contributed by atoms with Crippen molar-refractivity contribution in [1.29, 1.82) is 0 Å². The highest BCUT2D eigenvalue weighted by Crippen LogP contribution is 2.19. The second-order valence-electron chi connectivity index (χ2n) is 9.25. The molecule has 0 saturated heterocycles. The molecule has 41 heavy (non-hydrogen) atoms. The number of benzene rings is 4. The Kier molecular flexibility index (Phi) is 11.4. The zero-order valence-corrected chi connectivity index (χ0v) is 24.0. The van der Waals surface area contributed by atoms with Gasteiger partial charge >= 0.3 is 0 Å². The van der Waals surface area contributed by atoms with Gasteiger partial charge < -0.3 is 9.47 Å². The molecule has 0 unspecified atom stereocenters. The van der Waals surface area contributed by atoms with Gasteiger partial charge in [0.1, 0.15) is 11.5 Å². The smallest absolute Gasteiger partial charge is 0.187 e. The van der Waals surface area contributed by atoms with Gasteiger partial charge in [0.05, 0.1) is 23.3 Å². The number of ketones is 2. The Hall–Kier alpha value is -4.12. The van der Waals surface area contributed by atoms with Crippen molar-refractivity contribution in [1.82, 2.24) is 0 Å². The van der Waals surface area contributed by atoms with Gasteiger partial charge in [0.15, 0.2) is 11.6 Å². The Morgan fingerprint density at radius 2 is 0.927 bits per heavy atom. The summed E-state index contributed by atoms with van der Waals surface area (Å²) in [4.78, 5) is 24.6. The molecule has 0 radical (unpaired) electrons. The zero-order chi connectivity index (χ0) is 28.9. The molecule has 0 aliphatic carbocycles. The maximum atomic E-state index is 12.3. The minimum Gasteiger partial charge on any atom is -0.494 e. The number of carbonyl (C=O) groups is 2. The molecule has 4 aromatic rings. The fourth-order valence-electron chi connectivity index (χ4n) is 3.96.